The minimum absolute atomic E-state index is 0.133. The van der Waals surface area contributed by atoms with Gasteiger partial charge in [-0.05, 0) is 42.9 Å². The molecule has 0 unspecified atom stereocenters. The molecular weight excluding hydrogens is 331 g/mol. The molecule has 1 heterocycles. The third-order valence-corrected chi connectivity index (χ3v) is 5.90. The zero-order valence-electron chi connectivity index (χ0n) is 15.6. The summed E-state index contributed by atoms with van der Waals surface area (Å²) < 4.78 is 13.0. The van der Waals surface area contributed by atoms with Crippen LogP contribution in [0.25, 0.3) is 0 Å². The smallest absolute Gasteiger partial charge is 0.255 e. The van der Waals surface area contributed by atoms with Gasteiger partial charge in [-0.1, -0.05) is 44.2 Å². The summed E-state index contributed by atoms with van der Waals surface area (Å²) in [6.45, 7) is 2.27. The molecule has 5 heteroatoms. The third kappa shape index (κ3) is 5.04. The predicted octanol–water partition coefficient (Wildman–Crippen LogP) is 3.24. The minimum atomic E-state index is -1.31. The highest BCUT2D eigenvalue weighted by molar-refractivity contribution is 5.86. The molecule has 1 saturated carbocycles. The van der Waals surface area contributed by atoms with Crippen LogP contribution in [0.1, 0.15) is 56.9 Å². The summed E-state index contributed by atoms with van der Waals surface area (Å²) in [6.07, 6.45) is 8.94. The maximum Gasteiger partial charge on any atom is 0.255 e. The fourth-order valence-electron chi connectivity index (χ4n) is 4.27. The van der Waals surface area contributed by atoms with E-state index < -0.39 is 5.60 Å². The van der Waals surface area contributed by atoms with E-state index in [9.17, 15) is 14.3 Å². The Balaban J connectivity index is 1.47. The average Bonchev–Trinajstić information content (AvgIpc) is 2.66. The van der Waals surface area contributed by atoms with Gasteiger partial charge in [0, 0.05) is 26.2 Å². The molecule has 2 fully saturated rings. The number of benzene rings is 1. The van der Waals surface area contributed by atoms with Crippen molar-refractivity contribution < 1.29 is 14.3 Å². The highest BCUT2D eigenvalue weighted by atomic mass is 19.1. The summed E-state index contributed by atoms with van der Waals surface area (Å²) in [5.74, 6) is 0.345. The van der Waals surface area contributed by atoms with E-state index in [0.717, 1.165) is 37.4 Å². The SMILES string of the molecule is O=C1N(CCC2CCCCC2)CCC[C@]1(O)CNCc1ccc(F)cc1. The first-order valence-corrected chi connectivity index (χ1v) is 10.0. The standard InChI is InChI=1S/C21H31FN2O2/c22-19-9-7-18(8-10-19)15-23-16-21(26)12-4-13-24(20(21)25)14-11-17-5-2-1-3-6-17/h7-10,17,23,26H,1-6,11-16H2/t21-/m0/s1. The van der Waals surface area contributed by atoms with Crippen molar-refractivity contribution in [3.63, 3.8) is 0 Å². The second-order valence-electron chi connectivity index (χ2n) is 7.95. The van der Waals surface area contributed by atoms with E-state index in [1.807, 2.05) is 4.90 Å². The van der Waals surface area contributed by atoms with Crippen LogP contribution in [-0.2, 0) is 11.3 Å². The van der Waals surface area contributed by atoms with Gasteiger partial charge in [0.25, 0.3) is 5.91 Å². The summed E-state index contributed by atoms with van der Waals surface area (Å²) in [5, 5.41) is 14.0. The number of likely N-dealkylation sites (tertiary alicyclic amines) is 1. The quantitative estimate of drug-likeness (QED) is 0.783. The monoisotopic (exact) mass is 362 g/mol. The Labute approximate surface area is 155 Å². The number of amides is 1. The summed E-state index contributed by atoms with van der Waals surface area (Å²) in [7, 11) is 0. The van der Waals surface area contributed by atoms with Crippen LogP contribution in [0.3, 0.4) is 0 Å². The average molecular weight is 362 g/mol. The molecule has 0 bridgehead atoms. The maximum absolute atomic E-state index is 13.0. The zero-order valence-corrected chi connectivity index (χ0v) is 15.6. The summed E-state index contributed by atoms with van der Waals surface area (Å²) in [6, 6.07) is 6.27. The molecule has 1 aliphatic carbocycles. The second-order valence-corrected chi connectivity index (χ2v) is 7.95. The normalized spacial score (nSPS) is 24.8. The Hall–Kier alpha value is -1.46. The number of carbonyl (C=O) groups is 1. The van der Waals surface area contributed by atoms with E-state index in [4.69, 9.17) is 0 Å². The van der Waals surface area contributed by atoms with Crippen LogP contribution in [0.15, 0.2) is 24.3 Å². The van der Waals surface area contributed by atoms with Crippen molar-refractivity contribution >= 4 is 5.91 Å². The first kappa shape index (κ1) is 19.3. The lowest BCUT2D eigenvalue weighted by Gasteiger charge is -2.39. The summed E-state index contributed by atoms with van der Waals surface area (Å²) in [4.78, 5) is 14.7. The number of carbonyl (C=O) groups excluding carboxylic acids is 1. The number of aliphatic hydroxyl groups is 1. The van der Waals surface area contributed by atoms with E-state index in [1.54, 1.807) is 12.1 Å². The lowest BCUT2D eigenvalue weighted by Crippen LogP contribution is -2.58. The Morgan fingerprint density at radius 3 is 2.62 bits per heavy atom. The largest absolute Gasteiger partial charge is 0.379 e. The lowest BCUT2D eigenvalue weighted by atomic mass is 9.86. The topological polar surface area (TPSA) is 52.6 Å². The zero-order chi connectivity index (χ0) is 18.4. The molecule has 1 aromatic rings. The molecule has 2 N–H and O–H groups in total. The molecule has 144 valence electrons. The molecule has 2 aliphatic rings. The molecule has 0 aromatic heterocycles. The van der Waals surface area contributed by atoms with E-state index in [0.29, 0.717) is 13.0 Å². The minimum Gasteiger partial charge on any atom is -0.379 e. The lowest BCUT2D eigenvalue weighted by molar-refractivity contribution is -0.156. The number of hydrogen-bond acceptors (Lipinski definition) is 3. The Morgan fingerprint density at radius 1 is 1.15 bits per heavy atom. The molecule has 1 aromatic carbocycles. The number of nitrogens with zero attached hydrogens (tertiary/aromatic N) is 1. The highest BCUT2D eigenvalue weighted by Gasteiger charge is 2.41. The van der Waals surface area contributed by atoms with Crippen molar-refractivity contribution in [1.29, 1.82) is 0 Å². The number of hydrogen-bond donors (Lipinski definition) is 2. The molecule has 1 atom stereocenters. The van der Waals surface area contributed by atoms with Crippen LogP contribution in [0.4, 0.5) is 4.39 Å². The first-order valence-electron chi connectivity index (χ1n) is 10.0. The van der Waals surface area contributed by atoms with Crippen LogP contribution in [0.5, 0.6) is 0 Å². The van der Waals surface area contributed by atoms with Crippen molar-refractivity contribution in [3.8, 4) is 0 Å². The molecule has 1 saturated heterocycles. The van der Waals surface area contributed by atoms with Crippen molar-refractivity contribution in [2.75, 3.05) is 19.6 Å². The van der Waals surface area contributed by atoms with Gasteiger partial charge in [0.2, 0.25) is 0 Å². The van der Waals surface area contributed by atoms with Crippen LogP contribution in [-0.4, -0.2) is 41.1 Å². The van der Waals surface area contributed by atoms with E-state index in [1.165, 1.54) is 44.2 Å². The molecule has 3 rings (SSSR count). The van der Waals surface area contributed by atoms with Crippen molar-refractivity contribution in [2.45, 2.75) is 63.5 Å². The molecule has 0 spiro atoms. The fourth-order valence-corrected chi connectivity index (χ4v) is 4.27. The second kappa shape index (κ2) is 8.96. The van der Waals surface area contributed by atoms with Crippen LogP contribution < -0.4 is 5.32 Å². The van der Waals surface area contributed by atoms with Gasteiger partial charge < -0.3 is 15.3 Å². The van der Waals surface area contributed by atoms with Crippen molar-refractivity contribution in [3.05, 3.63) is 35.6 Å². The Kier molecular flexibility index (Phi) is 6.65. The molecule has 26 heavy (non-hydrogen) atoms. The van der Waals surface area contributed by atoms with Gasteiger partial charge in [0.05, 0.1) is 0 Å². The van der Waals surface area contributed by atoms with Crippen molar-refractivity contribution in [2.24, 2.45) is 5.92 Å². The summed E-state index contributed by atoms with van der Waals surface area (Å²) in [5.41, 5.74) is -0.377. The van der Waals surface area contributed by atoms with Crippen LogP contribution >= 0.6 is 0 Å². The third-order valence-electron chi connectivity index (χ3n) is 5.90. The van der Waals surface area contributed by atoms with Gasteiger partial charge in [0.15, 0.2) is 5.60 Å². The van der Waals surface area contributed by atoms with Gasteiger partial charge >= 0.3 is 0 Å². The van der Waals surface area contributed by atoms with Crippen LogP contribution in [0, 0.1) is 11.7 Å². The van der Waals surface area contributed by atoms with Gasteiger partial charge in [-0.3, -0.25) is 4.79 Å². The predicted molar refractivity (Wildman–Crippen MR) is 100 cm³/mol. The molecule has 0 radical (unpaired) electrons. The van der Waals surface area contributed by atoms with Crippen molar-refractivity contribution in [1.82, 2.24) is 10.2 Å². The van der Waals surface area contributed by atoms with Crippen LogP contribution in [0.2, 0.25) is 0 Å². The van der Waals surface area contributed by atoms with Gasteiger partial charge in [-0.2, -0.15) is 0 Å². The Morgan fingerprint density at radius 2 is 1.88 bits per heavy atom. The van der Waals surface area contributed by atoms with Gasteiger partial charge in [0.1, 0.15) is 5.82 Å². The van der Waals surface area contributed by atoms with E-state index in [2.05, 4.69) is 5.32 Å². The highest BCUT2D eigenvalue weighted by Crippen LogP contribution is 2.28. The fraction of sp³-hybridized carbons (Fsp3) is 0.667. The maximum atomic E-state index is 13.0. The van der Waals surface area contributed by atoms with E-state index >= 15 is 0 Å². The first-order chi connectivity index (χ1) is 12.6. The molecular formula is C21H31FN2O2. The Bertz CT molecular complexity index is 586. The molecule has 1 amide bonds. The number of nitrogens with one attached hydrogen (secondary N) is 1. The molecule has 1 aliphatic heterocycles. The number of rotatable bonds is 7. The number of piperidine rings is 1. The number of halogens is 1. The summed E-state index contributed by atoms with van der Waals surface area (Å²) >= 11 is 0. The molecule has 4 nitrogen and oxygen atoms in total. The van der Waals surface area contributed by atoms with E-state index in [-0.39, 0.29) is 18.3 Å². The van der Waals surface area contributed by atoms with Gasteiger partial charge in [-0.25, -0.2) is 4.39 Å². The van der Waals surface area contributed by atoms with Gasteiger partial charge in [-0.15, -0.1) is 0 Å².